The Morgan fingerprint density at radius 1 is 1.40 bits per heavy atom. The van der Waals surface area contributed by atoms with Crippen LogP contribution in [0.15, 0.2) is 27.7 Å². The Bertz CT molecular complexity index is 929. The summed E-state index contributed by atoms with van der Waals surface area (Å²) in [6.45, 7) is 0.903. The molecule has 3 aromatic heterocycles. The van der Waals surface area contributed by atoms with E-state index >= 15 is 0 Å². The summed E-state index contributed by atoms with van der Waals surface area (Å²) in [6, 6.07) is 3.97. The number of nitrogens with two attached hydrogens (primary N) is 1. The van der Waals surface area contributed by atoms with Crippen LogP contribution in [0.3, 0.4) is 0 Å². The van der Waals surface area contributed by atoms with Gasteiger partial charge in [-0.2, -0.15) is 0 Å². The number of amides is 1. The third-order valence-corrected chi connectivity index (χ3v) is 5.67. The van der Waals surface area contributed by atoms with E-state index in [2.05, 4.69) is 0 Å². The smallest absolute Gasteiger partial charge is 0.262 e. The molecule has 0 saturated heterocycles. The fourth-order valence-electron chi connectivity index (χ4n) is 2.71. The molecule has 0 aliphatic rings. The van der Waals surface area contributed by atoms with Gasteiger partial charge in [-0.05, 0) is 17.9 Å². The Morgan fingerprint density at radius 3 is 2.92 bits per heavy atom. The monoisotopic (exact) mass is 377 g/mol. The highest BCUT2D eigenvalue weighted by molar-refractivity contribution is 7.18. The lowest BCUT2D eigenvalue weighted by Gasteiger charge is -2.12. The maximum Gasteiger partial charge on any atom is 0.262 e. The Kier molecular flexibility index (Phi) is 5.62. The maximum absolute atomic E-state index is 13.1. The molecule has 1 amide bonds. The van der Waals surface area contributed by atoms with Crippen LogP contribution in [0.4, 0.5) is 0 Å². The minimum absolute atomic E-state index is 0.0646. The molecule has 3 aromatic rings. The van der Waals surface area contributed by atoms with Crippen molar-refractivity contribution in [1.82, 2.24) is 9.55 Å². The van der Waals surface area contributed by atoms with Gasteiger partial charge in [0.15, 0.2) is 0 Å². The van der Waals surface area contributed by atoms with Gasteiger partial charge in [0.25, 0.3) is 5.56 Å². The first kappa shape index (κ1) is 17.8. The van der Waals surface area contributed by atoms with Crippen LogP contribution in [-0.4, -0.2) is 29.2 Å². The van der Waals surface area contributed by atoms with Gasteiger partial charge in [-0.25, -0.2) is 4.98 Å². The summed E-state index contributed by atoms with van der Waals surface area (Å²) >= 11 is 3.08. The van der Waals surface area contributed by atoms with E-state index in [-0.39, 0.29) is 17.9 Å². The zero-order chi connectivity index (χ0) is 17.8. The van der Waals surface area contributed by atoms with E-state index in [0.29, 0.717) is 37.2 Å². The summed E-state index contributed by atoms with van der Waals surface area (Å²) in [7, 11) is 1.62. The summed E-state index contributed by atoms with van der Waals surface area (Å²) in [5.74, 6) is 0.318. The first-order valence-corrected chi connectivity index (χ1v) is 9.69. The van der Waals surface area contributed by atoms with E-state index in [9.17, 15) is 9.59 Å². The average molecular weight is 377 g/mol. The highest BCUT2D eigenvalue weighted by Crippen LogP contribution is 2.33. The molecule has 0 unspecified atom stereocenters. The molecule has 0 spiro atoms. The number of primary amides is 1. The number of aromatic nitrogens is 2. The van der Waals surface area contributed by atoms with Crippen molar-refractivity contribution in [2.24, 2.45) is 5.73 Å². The SMILES string of the molecule is COCCc1nc2scc(-c3cccs3)c2c(=O)n1CCCC(N)=O. The minimum Gasteiger partial charge on any atom is -0.384 e. The predicted molar refractivity (Wildman–Crippen MR) is 101 cm³/mol. The molecule has 0 saturated carbocycles. The Balaban J connectivity index is 2.08. The fraction of sp³-hybridized carbons (Fsp3) is 0.353. The second-order valence-electron chi connectivity index (χ2n) is 5.60. The summed E-state index contributed by atoms with van der Waals surface area (Å²) in [4.78, 5) is 30.6. The van der Waals surface area contributed by atoms with Crippen molar-refractivity contribution in [2.75, 3.05) is 13.7 Å². The molecular weight excluding hydrogens is 358 g/mol. The van der Waals surface area contributed by atoms with E-state index < -0.39 is 0 Å². The van der Waals surface area contributed by atoms with Gasteiger partial charge in [0.1, 0.15) is 10.7 Å². The van der Waals surface area contributed by atoms with Gasteiger partial charge in [0, 0.05) is 42.3 Å². The molecule has 0 aliphatic carbocycles. The molecule has 0 fully saturated rings. The Hall–Kier alpha value is -2.03. The number of carbonyl (C=O) groups excluding carboxylic acids is 1. The first-order valence-electron chi connectivity index (χ1n) is 7.94. The molecule has 0 aromatic carbocycles. The molecule has 0 aliphatic heterocycles. The van der Waals surface area contributed by atoms with Crippen LogP contribution in [0.5, 0.6) is 0 Å². The van der Waals surface area contributed by atoms with Crippen LogP contribution in [0, 0.1) is 0 Å². The molecule has 132 valence electrons. The number of hydrogen-bond acceptors (Lipinski definition) is 6. The van der Waals surface area contributed by atoms with E-state index in [1.807, 2.05) is 22.9 Å². The highest BCUT2D eigenvalue weighted by atomic mass is 32.1. The van der Waals surface area contributed by atoms with Crippen molar-refractivity contribution in [3.8, 4) is 10.4 Å². The molecular formula is C17H19N3O3S2. The van der Waals surface area contributed by atoms with E-state index in [0.717, 1.165) is 15.3 Å². The summed E-state index contributed by atoms with van der Waals surface area (Å²) in [5.41, 5.74) is 6.08. The Morgan fingerprint density at radius 2 is 2.24 bits per heavy atom. The number of methoxy groups -OCH3 is 1. The van der Waals surface area contributed by atoms with E-state index in [1.165, 1.54) is 11.3 Å². The number of thiophene rings is 2. The first-order chi connectivity index (χ1) is 12.1. The van der Waals surface area contributed by atoms with Gasteiger partial charge < -0.3 is 10.5 Å². The quantitative estimate of drug-likeness (QED) is 0.654. The zero-order valence-electron chi connectivity index (χ0n) is 13.9. The zero-order valence-corrected chi connectivity index (χ0v) is 15.5. The number of hydrogen-bond donors (Lipinski definition) is 1. The molecule has 25 heavy (non-hydrogen) atoms. The van der Waals surface area contributed by atoms with Crippen LogP contribution in [0.25, 0.3) is 20.7 Å². The third-order valence-electron chi connectivity index (χ3n) is 3.89. The lowest BCUT2D eigenvalue weighted by molar-refractivity contribution is -0.118. The normalized spacial score (nSPS) is 11.2. The maximum atomic E-state index is 13.1. The van der Waals surface area contributed by atoms with E-state index in [1.54, 1.807) is 23.0 Å². The van der Waals surface area contributed by atoms with Gasteiger partial charge in [-0.1, -0.05) is 6.07 Å². The number of rotatable bonds is 8. The van der Waals surface area contributed by atoms with Gasteiger partial charge in [-0.3, -0.25) is 14.2 Å². The van der Waals surface area contributed by atoms with E-state index in [4.69, 9.17) is 15.5 Å². The minimum atomic E-state index is -0.365. The van der Waals surface area contributed by atoms with Crippen LogP contribution < -0.4 is 11.3 Å². The van der Waals surface area contributed by atoms with Crippen LogP contribution in [-0.2, 0) is 22.5 Å². The number of fused-ring (bicyclic) bond motifs is 1. The van der Waals surface area contributed by atoms with Crippen molar-refractivity contribution in [3.05, 3.63) is 39.1 Å². The van der Waals surface area contributed by atoms with Gasteiger partial charge in [0.05, 0.1) is 12.0 Å². The molecule has 3 heterocycles. The molecule has 3 rings (SSSR count). The summed E-state index contributed by atoms with van der Waals surface area (Å²) < 4.78 is 6.80. The molecule has 0 radical (unpaired) electrons. The molecule has 8 heteroatoms. The van der Waals surface area contributed by atoms with Crippen molar-refractivity contribution >= 4 is 38.8 Å². The molecule has 2 N–H and O–H groups in total. The number of ether oxygens (including phenoxy) is 1. The highest BCUT2D eigenvalue weighted by Gasteiger charge is 2.17. The Labute approximate surface area is 152 Å². The van der Waals surface area contributed by atoms with Gasteiger partial charge in [-0.15, -0.1) is 22.7 Å². The largest absolute Gasteiger partial charge is 0.384 e. The average Bonchev–Trinajstić information content (AvgIpc) is 3.23. The van der Waals surface area contributed by atoms with Crippen molar-refractivity contribution < 1.29 is 9.53 Å². The van der Waals surface area contributed by atoms with Crippen LogP contribution in [0.1, 0.15) is 18.7 Å². The lowest BCUT2D eigenvalue weighted by Crippen LogP contribution is -2.26. The fourth-order valence-corrected chi connectivity index (χ4v) is 4.48. The molecule has 6 nitrogen and oxygen atoms in total. The molecule has 0 atom stereocenters. The lowest BCUT2D eigenvalue weighted by atomic mass is 10.2. The summed E-state index contributed by atoms with van der Waals surface area (Å²) in [5, 5.41) is 4.62. The number of carbonyl (C=O) groups is 1. The van der Waals surface area contributed by atoms with Crippen molar-refractivity contribution in [2.45, 2.75) is 25.8 Å². The van der Waals surface area contributed by atoms with Crippen LogP contribution in [0.2, 0.25) is 0 Å². The molecule has 0 bridgehead atoms. The standard InChI is InChI=1S/C17H19N3O3S2/c1-23-8-6-14-19-16-15(11(10-25-16)12-4-3-9-24-12)17(22)20(14)7-2-5-13(18)21/h3-4,9-10H,2,5-8H2,1H3,(H2,18,21). The van der Waals surface area contributed by atoms with Crippen molar-refractivity contribution in [3.63, 3.8) is 0 Å². The third kappa shape index (κ3) is 3.81. The van der Waals surface area contributed by atoms with Gasteiger partial charge in [0.2, 0.25) is 5.91 Å². The topological polar surface area (TPSA) is 87.2 Å². The van der Waals surface area contributed by atoms with Crippen molar-refractivity contribution in [1.29, 1.82) is 0 Å². The van der Waals surface area contributed by atoms with Gasteiger partial charge >= 0.3 is 0 Å². The number of nitrogens with zero attached hydrogens (tertiary/aromatic N) is 2. The van der Waals surface area contributed by atoms with Crippen LogP contribution >= 0.6 is 22.7 Å². The predicted octanol–water partition coefficient (Wildman–Crippen LogP) is 2.64. The second-order valence-corrected chi connectivity index (χ2v) is 7.41. The second kappa shape index (κ2) is 7.90. The summed E-state index contributed by atoms with van der Waals surface area (Å²) in [6.07, 6.45) is 1.31.